The SMILES string of the molecule is CC(=O)c1nc(-c2cccs2)[nH]c(=O)c1O. The molecule has 2 aromatic heterocycles. The van der Waals surface area contributed by atoms with E-state index in [1.807, 2.05) is 5.38 Å². The van der Waals surface area contributed by atoms with Gasteiger partial charge in [-0.25, -0.2) is 4.98 Å². The number of nitrogens with one attached hydrogen (secondary N) is 1. The number of hydrogen-bond donors (Lipinski definition) is 2. The van der Waals surface area contributed by atoms with Crippen LogP contribution < -0.4 is 5.56 Å². The van der Waals surface area contributed by atoms with Crippen LogP contribution in [0.15, 0.2) is 22.3 Å². The second-order valence-electron chi connectivity index (χ2n) is 3.15. The molecular formula is C10H8N2O3S. The molecule has 0 aliphatic rings. The second-order valence-corrected chi connectivity index (χ2v) is 4.09. The number of nitrogens with zero attached hydrogens (tertiary/aromatic N) is 1. The molecular weight excluding hydrogens is 228 g/mol. The van der Waals surface area contributed by atoms with Crippen molar-refractivity contribution in [1.29, 1.82) is 0 Å². The van der Waals surface area contributed by atoms with Gasteiger partial charge in [-0.1, -0.05) is 6.07 Å². The Labute approximate surface area is 94.4 Å². The molecule has 0 radical (unpaired) electrons. The zero-order chi connectivity index (χ0) is 11.7. The van der Waals surface area contributed by atoms with Gasteiger partial charge in [0.2, 0.25) is 5.75 Å². The Hall–Kier alpha value is -1.95. The number of aromatic amines is 1. The largest absolute Gasteiger partial charge is 0.501 e. The maximum Gasteiger partial charge on any atom is 0.294 e. The highest BCUT2D eigenvalue weighted by molar-refractivity contribution is 7.13. The van der Waals surface area contributed by atoms with Crippen LogP contribution in [-0.2, 0) is 0 Å². The number of rotatable bonds is 2. The minimum absolute atomic E-state index is 0.202. The third-order valence-electron chi connectivity index (χ3n) is 1.98. The van der Waals surface area contributed by atoms with Crippen molar-refractivity contribution in [3.63, 3.8) is 0 Å². The molecule has 0 unspecified atom stereocenters. The van der Waals surface area contributed by atoms with E-state index in [-0.39, 0.29) is 5.69 Å². The summed E-state index contributed by atoms with van der Waals surface area (Å²) in [4.78, 5) is 29.6. The quantitative estimate of drug-likeness (QED) is 0.772. The van der Waals surface area contributed by atoms with Crippen LogP contribution in [0.25, 0.3) is 10.7 Å². The molecule has 0 saturated carbocycles. The molecule has 6 heteroatoms. The van der Waals surface area contributed by atoms with E-state index in [0.29, 0.717) is 5.82 Å². The molecule has 2 heterocycles. The number of aromatic hydroxyl groups is 1. The Morgan fingerprint density at radius 3 is 2.88 bits per heavy atom. The monoisotopic (exact) mass is 236 g/mol. The fraction of sp³-hybridized carbons (Fsp3) is 0.100. The lowest BCUT2D eigenvalue weighted by atomic mass is 10.2. The Morgan fingerprint density at radius 1 is 1.56 bits per heavy atom. The Morgan fingerprint density at radius 2 is 2.31 bits per heavy atom. The molecule has 82 valence electrons. The number of Topliss-reactive ketones (excluding diaryl/α,β-unsaturated/α-hetero) is 1. The van der Waals surface area contributed by atoms with Gasteiger partial charge in [0.05, 0.1) is 4.88 Å². The van der Waals surface area contributed by atoms with Gasteiger partial charge in [-0.3, -0.25) is 9.59 Å². The predicted octanol–water partition coefficient (Wildman–Crippen LogP) is 1.41. The zero-order valence-electron chi connectivity index (χ0n) is 8.35. The lowest BCUT2D eigenvalue weighted by Crippen LogP contribution is -2.13. The Bertz CT molecular complexity index is 587. The van der Waals surface area contributed by atoms with Gasteiger partial charge in [0.25, 0.3) is 5.56 Å². The molecule has 2 rings (SSSR count). The van der Waals surface area contributed by atoms with Crippen LogP contribution >= 0.6 is 11.3 Å². The topological polar surface area (TPSA) is 83.0 Å². The zero-order valence-corrected chi connectivity index (χ0v) is 9.17. The third kappa shape index (κ3) is 1.74. The first-order valence-electron chi connectivity index (χ1n) is 4.47. The van der Waals surface area contributed by atoms with Gasteiger partial charge in [-0.05, 0) is 11.4 Å². The molecule has 0 bridgehead atoms. The van der Waals surface area contributed by atoms with E-state index < -0.39 is 17.1 Å². The molecule has 2 aromatic rings. The Balaban J connectivity index is 2.67. The van der Waals surface area contributed by atoms with Crippen LogP contribution in [0.3, 0.4) is 0 Å². The summed E-state index contributed by atoms with van der Waals surface area (Å²) in [5.41, 5.74) is -0.907. The molecule has 0 aromatic carbocycles. The van der Waals surface area contributed by atoms with Crippen molar-refractivity contribution in [2.24, 2.45) is 0 Å². The molecule has 16 heavy (non-hydrogen) atoms. The smallest absolute Gasteiger partial charge is 0.294 e. The van der Waals surface area contributed by atoms with Crippen LogP contribution in [-0.4, -0.2) is 20.9 Å². The van der Waals surface area contributed by atoms with Crippen molar-refractivity contribution >= 4 is 17.1 Å². The standard InChI is InChI=1S/C10H8N2O3S/c1-5(13)7-8(14)10(15)12-9(11-7)6-3-2-4-16-6/h2-4,14H,1H3,(H,11,12,15). The molecule has 0 amide bonds. The number of ketones is 1. The van der Waals surface area contributed by atoms with Crippen molar-refractivity contribution in [2.45, 2.75) is 6.92 Å². The minimum Gasteiger partial charge on any atom is -0.501 e. The van der Waals surface area contributed by atoms with Gasteiger partial charge in [0.1, 0.15) is 0 Å². The number of carbonyl (C=O) groups is 1. The average Bonchev–Trinajstić information content (AvgIpc) is 2.74. The number of thiophene rings is 1. The van der Waals surface area contributed by atoms with Crippen LogP contribution in [0.2, 0.25) is 0 Å². The fourth-order valence-corrected chi connectivity index (χ4v) is 1.91. The molecule has 0 saturated heterocycles. The Kier molecular flexibility index (Phi) is 2.57. The van der Waals surface area contributed by atoms with Crippen molar-refractivity contribution in [3.8, 4) is 16.5 Å². The third-order valence-corrected chi connectivity index (χ3v) is 2.86. The highest BCUT2D eigenvalue weighted by Gasteiger charge is 2.15. The van der Waals surface area contributed by atoms with E-state index in [9.17, 15) is 14.7 Å². The summed E-state index contributed by atoms with van der Waals surface area (Å²) < 4.78 is 0. The van der Waals surface area contributed by atoms with E-state index in [0.717, 1.165) is 4.88 Å². The molecule has 0 atom stereocenters. The molecule has 2 N–H and O–H groups in total. The maximum atomic E-state index is 11.4. The summed E-state index contributed by atoms with van der Waals surface area (Å²) in [6.07, 6.45) is 0. The van der Waals surface area contributed by atoms with Gasteiger partial charge in [-0.15, -0.1) is 11.3 Å². The van der Waals surface area contributed by atoms with E-state index in [1.54, 1.807) is 12.1 Å². The van der Waals surface area contributed by atoms with E-state index in [1.165, 1.54) is 18.3 Å². The summed E-state index contributed by atoms with van der Waals surface area (Å²) in [7, 11) is 0. The lowest BCUT2D eigenvalue weighted by molar-refractivity contribution is 0.101. The van der Waals surface area contributed by atoms with Crippen molar-refractivity contribution in [1.82, 2.24) is 9.97 Å². The van der Waals surface area contributed by atoms with Gasteiger partial charge < -0.3 is 10.1 Å². The number of aromatic nitrogens is 2. The molecule has 0 aliphatic carbocycles. The number of hydrogen-bond acceptors (Lipinski definition) is 5. The summed E-state index contributed by atoms with van der Waals surface area (Å²) in [6, 6.07) is 3.57. The van der Waals surface area contributed by atoms with Crippen LogP contribution in [0.1, 0.15) is 17.4 Å². The number of carbonyl (C=O) groups excluding carboxylic acids is 1. The van der Waals surface area contributed by atoms with E-state index in [2.05, 4.69) is 9.97 Å². The second kappa shape index (κ2) is 3.90. The van der Waals surface area contributed by atoms with Crippen LogP contribution in [0.5, 0.6) is 5.75 Å². The number of H-pyrrole nitrogens is 1. The van der Waals surface area contributed by atoms with E-state index in [4.69, 9.17) is 0 Å². The first kappa shape index (κ1) is 10.6. The van der Waals surface area contributed by atoms with E-state index >= 15 is 0 Å². The fourth-order valence-electron chi connectivity index (χ4n) is 1.24. The molecule has 0 spiro atoms. The van der Waals surface area contributed by atoms with Gasteiger partial charge in [0, 0.05) is 6.92 Å². The predicted molar refractivity (Wildman–Crippen MR) is 59.8 cm³/mol. The van der Waals surface area contributed by atoms with Crippen LogP contribution in [0, 0.1) is 0 Å². The van der Waals surface area contributed by atoms with Crippen molar-refractivity contribution < 1.29 is 9.90 Å². The van der Waals surface area contributed by atoms with Crippen molar-refractivity contribution in [3.05, 3.63) is 33.6 Å². The minimum atomic E-state index is -0.705. The first-order chi connectivity index (χ1) is 7.59. The summed E-state index contributed by atoms with van der Waals surface area (Å²) >= 11 is 1.39. The first-order valence-corrected chi connectivity index (χ1v) is 5.35. The maximum absolute atomic E-state index is 11.4. The lowest BCUT2D eigenvalue weighted by Gasteiger charge is -2.01. The van der Waals surface area contributed by atoms with Gasteiger partial charge >= 0.3 is 0 Å². The highest BCUT2D eigenvalue weighted by atomic mass is 32.1. The molecule has 0 fully saturated rings. The van der Waals surface area contributed by atoms with Crippen LogP contribution in [0.4, 0.5) is 0 Å². The average molecular weight is 236 g/mol. The highest BCUT2D eigenvalue weighted by Crippen LogP contribution is 2.21. The van der Waals surface area contributed by atoms with Crippen molar-refractivity contribution in [2.75, 3.05) is 0 Å². The summed E-state index contributed by atoms with van der Waals surface area (Å²) in [6.45, 7) is 1.25. The molecule has 5 nitrogen and oxygen atoms in total. The summed E-state index contributed by atoms with van der Waals surface area (Å²) in [5.74, 6) is -0.780. The van der Waals surface area contributed by atoms with Gasteiger partial charge in [-0.2, -0.15) is 0 Å². The van der Waals surface area contributed by atoms with Gasteiger partial charge in [0.15, 0.2) is 17.3 Å². The summed E-state index contributed by atoms with van der Waals surface area (Å²) in [5, 5.41) is 11.2. The normalized spacial score (nSPS) is 10.3. The molecule has 0 aliphatic heterocycles.